The van der Waals surface area contributed by atoms with Gasteiger partial charge in [0.2, 0.25) is 17.7 Å². The van der Waals surface area contributed by atoms with Crippen LogP contribution in [0.15, 0.2) is 30.3 Å². The summed E-state index contributed by atoms with van der Waals surface area (Å²) in [6, 6.07) is 6.32. The molecule has 1 aromatic rings. The molecule has 1 fully saturated rings. The summed E-state index contributed by atoms with van der Waals surface area (Å²) in [6.07, 6.45) is 1.26. The second-order valence-electron chi connectivity index (χ2n) is 6.84. The molecule has 3 unspecified atom stereocenters. The summed E-state index contributed by atoms with van der Waals surface area (Å²) in [5, 5.41) is 14.2. The summed E-state index contributed by atoms with van der Waals surface area (Å²) >= 11 is 4.01. The van der Waals surface area contributed by atoms with Crippen LogP contribution in [0.1, 0.15) is 18.4 Å². The molecule has 0 saturated carbocycles. The van der Waals surface area contributed by atoms with E-state index in [2.05, 4.69) is 23.3 Å². The van der Waals surface area contributed by atoms with E-state index in [1.807, 2.05) is 6.07 Å². The number of nitrogens with one attached hydrogen (secondary N) is 2. The first-order valence-electron chi connectivity index (χ1n) is 9.34. The molecule has 0 bridgehead atoms. The third-order valence-electron chi connectivity index (χ3n) is 4.69. The maximum atomic E-state index is 12.4. The number of rotatable bonds is 9. The van der Waals surface area contributed by atoms with Crippen LogP contribution in [0.2, 0.25) is 0 Å². The third kappa shape index (κ3) is 6.47. The number of amides is 3. The van der Waals surface area contributed by atoms with Crippen molar-refractivity contribution in [1.82, 2.24) is 15.5 Å². The Hall–Kier alpha value is -2.59. The number of hydrogen-bond donors (Lipinski definition) is 5. The largest absolute Gasteiger partial charge is 0.480 e. The maximum Gasteiger partial charge on any atom is 0.326 e. The zero-order chi connectivity index (χ0) is 21.4. The summed E-state index contributed by atoms with van der Waals surface area (Å²) in [4.78, 5) is 49.7. The van der Waals surface area contributed by atoms with E-state index in [4.69, 9.17) is 5.73 Å². The number of nitrogens with zero attached hydrogens (tertiary/aromatic N) is 1. The predicted octanol–water partition coefficient (Wildman–Crippen LogP) is -0.837. The highest BCUT2D eigenvalue weighted by Crippen LogP contribution is 2.18. The van der Waals surface area contributed by atoms with Crippen LogP contribution in [0.5, 0.6) is 0 Å². The van der Waals surface area contributed by atoms with Crippen molar-refractivity contribution in [3.63, 3.8) is 0 Å². The average Bonchev–Trinajstić information content (AvgIpc) is 3.21. The number of thiol groups is 1. The van der Waals surface area contributed by atoms with Crippen molar-refractivity contribution in [2.24, 2.45) is 5.73 Å². The van der Waals surface area contributed by atoms with Gasteiger partial charge in [-0.1, -0.05) is 30.3 Å². The minimum absolute atomic E-state index is 0.127. The zero-order valence-corrected chi connectivity index (χ0v) is 16.8. The molecule has 3 atom stereocenters. The number of carboxylic acid groups (broad SMARTS) is 1. The molecule has 1 aliphatic heterocycles. The van der Waals surface area contributed by atoms with Gasteiger partial charge in [-0.2, -0.15) is 12.6 Å². The van der Waals surface area contributed by atoms with Crippen molar-refractivity contribution in [1.29, 1.82) is 0 Å². The second kappa shape index (κ2) is 10.8. The van der Waals surface area contributed by atoms with Crippen LogP contribution in [0.4, 0.5) is 0 Å². The van der Waals surface area contributed by atoms with Gasteiger partial charge in [-0.3, -0.25) is 14.4 Å². The molecule has 5 N–H and O–H groups in total. The highest BCUT2D eigenvalue weighted by atomic mass is 32.1. The van der Waals surface area contributed by atoms with Gasteiger partial charge < -0.3 is 26.4 Å². The Morgan fingerprint density at radius 2 is 1.93 bits per heavy atom. The minimum Gasteiger partial charge on any atom is -0.480 e. The molecule has 1 saturated heterocycles. The van der Waals surface area contributed by atoms with Crippen LogP contribution in [-0.4, -0.2) is 70.7 Å². The van der Waals surface area contributed by atoms with Gasteiger partial charge in [0.05, 0.1) is 12.6 Å². The van der Waals surface area contributed by atoms with Crippen molar-refractivity contribution in [2.75, 3.05) is 18.8 Å². The Balaban J connectivity index is 1.87. The lowest BCUT2D eigenvalue weighted by Gasteiger charge is -2.26. The molecule has 9 nitrogen and oxygen atoms in total. The Kier molecular flexibility index (Phi) is 8.47. The Morgan fingerprint density at radius 1 is 1.24 bits per heavy atom. The molecule has 2 rings (SSSR count). The van der Waals surface area contributed by atoms with Gasteiger partial charge in [0.15, 0.2) is 0 Å². The molecule has 0 aromatic heterocycles. The fraction of sp³-hybridized carbons (Fsp3) is 0.474. The summed E-state index contributed by atoms with van der Waals surface area (Å²) in [5.74, 6) is -2.43. The average molecular weight is 423 g/mol. The van der Waals surface area contributed by atoms with Gasteiger partial charge in [0.25, 0.3) is 0 Å². The van der Waals surface area contributed by atoms with Crippen LogP contribution in [0.3, 0.4) is 0 Å². The van der Waals surface area contributed by atoms with Gasteiger partial charge in [-0.25, -0.2) is 4.79 Å². The molecule has 0 radical (unpaired) electrons. The van der Waals surface area contributed by atoms with Crippen LogP contribution in [0, 0.1) is 0 Å². The molecular formula is C19H26N4O5S. The number of benzene rings is 1. The van der Waals surface area contributed by atoms with E-state index in [1.165, 1.54) is 4.90 Å². The highest BCUT2D eigenvalue weighted by molar-refractivity contribution is 7.80. The molecular weight excluding hydrogens is 396 g/mol. The van der Waals surface area contributed by atoms with Gasteiger partial charge in [-0.05, 0) is 18.4 Å². The van der Waals surface area contributed by atoms with Crippen LogP contribution < -0.4 is 16.4 Å². The fourth-order valence-corrected chi connectivity index (χ4v) is 3.33. The van der Waals surface area contributed by atoms with E-state index >= 15 is 0 Å². The van der Waals surface area contributed by atoms with E-state index < -0.39 is 35.9 Å². The number of aliphatic carboxylic acids is 1. The molecule has 0 aliphatic carbocycles. The van der Waals surface area contributed by atoms with Crippen molar-refractivity contribution in [3.8, 4) is 0 Å². The van der Waals surface area contributed by atoms with E-state index in [0.717, 1.165) is 5.56 Å². The van der Waals surface area contributed by atoms with Crippen molar-refractivity contribution >= 4 is 36.3 Å². The van der Waals surface area contributed by atoms with Crippen molar-refractivity contribution < 1.29 is 24.3 Å². The molecule has 0 spiro atoms. The lowest BCUT2D eigenvalue weighted by atomic mass is 10.1. The number of carbonyl (C=O) groups is 4. The standard InChI is InChI=1S/C19H26N4O5S/c20-13(11-29)18(26)23-8-4-7-15(23)17(25)21-10-16(24)22-14(19(27)28)9-12-5-2-1-3-6-12/h1-3,5-6,13-15,29H,4,7-11,20H2,(H,21,25)(H,22,24)(H,27,28). The minimum atomic E-state index is -1.16. The zero-order valence-electron chi connectivity index (χ0n) is 15.9. The van der Waals surface area contributed by atoms with E-state index in [1.54, 1.807) is 24.3 Å². The Bertz CT molecular complexity index is 745. The summed E-state index contributed by atoms with van der Waals surface area (Å²) in [7, 11) is 0. The first-order valence-corrected chi connectivity index (χ1v) is 9.97. The topological polar surface area (TPSA) is 142 Å². The molecule has 1 aliphatic rings. The molecule has 10 heteroatoms. The van der Waals surface area contributed by atoms with E-state index in [0.29, 0.717) is 19.4 Å². The maximum absolute atomic E-state index is 12.4. The SMILES string of the molecule is NC(CS)C(=O)N1CCCC1C(=O)NCC(=O)NC(Cc1ccccc1)C(=O)O. The summed E-state index contributed by atoms with van der Waals surface area (Å²) in [6.45, 7) is 0.0390. The Labute approximate surface area is 174 Å². The predicted molar refractivity (Wildman–Crippen MR) is 109 cm³/mol. The third-order valence-corrected chi connectivity index (χ3v) is 5.08. The first-order chi connectivity index (χ1) is 13.8. The molecule has 1 heterocycles. The van der Waals surface area contributed by atoms with E-state index in [9.17, 15) is 24.3 Å². The molecule has 1 aromatic carbocycles. The fourth-order valence-electron chi connectivity index (χ4n) is 3.17. The Morgan fingerprint density at radius 3 is 2.55 bits per heavy atom. The second-order valence-corrected chi connectivity index (χ2v) is 7.21. The van der Waals surface area contributed by atoms with Gasteiger partial charge in [0.1, 0.15) is 12.1 Å². The quantitative estimate of drug-likeness (QED) is 0.329. The number of carboxylic acids is 1. The lowest BCUT2D eigenvalue weighted by Crippen LogP contribution is -2.53. The summed E-state index contributed by atoms with van der Waals surface area (Å²) in [5.41, 5.74) is 6.48. The van der Waals surface area contributed by atoms with Crippen LogP contribution >= 0.6 is 12.6 Å². The number of hydrogen-bond acceptors (Lipinski definition) is 6. The van der Waals surface area contributed by atoms with Crippen molar-refractivity contribution in [3.05, 3.63) is 35.9 Å². The molecule has 158 valence electrons. The molecule has 29 heavy (non-hydrogen) atoms. The normalized spacial score (nSPS) is 18.0. The van der Waals surface area contributed by atoms with Crippen LogP contribution in [0.25, 0.3) is 0 Å². The smallest absolute Gasteiger partial charge is 0.326 e. The number of nitrogens with two attached hydrogens (primary N) is 1. The van der Waals surface area contributed by atoms with Gasteiger partial charge >= 0.3 is 5.97 Å². The highest BCUT2D eigenvalue weighted by Gasteiger charge is 2.35. The van der Waals surface area contributed by atoms with Gasteiger partial charge in [0, 0.05) is 18.7 Å². The summed E-state index contributed by atoms with van der Waals surface area (Å²) < 4.78 is 0. The number of likely N-dealkylation sites (tertiary alicyclic amines) is 1. The van der Waals surface area contributed by atoms with E-state index in [-0.39, 0.29) is 24.6 Å². The monoisotopic (exact) mass is 422 g/mol. The molecule has 3 amide bonds. The first kappa shape index (κ1) is 22.7. The van der Waals surface area contributed by atoms with Crippen molar-refractivity contribution in [2.45, 2.75) is 37.4 Å². The number of carbonyl (C=O) groups excluding carboxylic acids is 3. The lowest BCUT2D eigenvalue weighted by molar-refractivity contribution is -0.142. The van der Waals surface area contributed by atoms with Crippen LogP contribution in [-0.2, 0) is 25.6 Å². The van der Waals surface area contributed by atoms with Gasteiger partial charge in [-0.15, -0.1) is 0 Å².